The van der Waals surface area contributed by atoms with E-state index in [4.69, 9.17) is 9.72 Å². The summed E-state index contributed by atoms with van der Waals surface area (Å²) in [6.45, 7) is 3.75. The SMILES string of the molecule is O=C(OCc1ccccc1)N1CC2CCC(C1)N2c1nc2c(s1)CNCC2. The van der Waals surface area contributed by atoms with E-state index in [1.54, 1.807) is 0 Å². The molecule has 27 heavy (non-hydrogen) atoms. The minimum absolute atomic E-state index is 0.196. The molecule has 2 atom stereocenters. The van der Waals surface area contributed by atoms with Crippen LogP contribution in [0.5, 0.6) is 0 Å². The highest BCUT2D eigenvalue weighted by Gasteiger charge is 2.43. The second-order valence-electron chi connectivity index (χ2n) is 7.53. The van der Waals surface area contributed by atoms with Gasteiger partial charge in [-0.15, -0.1) is 11.3 Å². The fourth-order valence-corrected chi connectivity index (χ4v) is 5.62. The molecule has 2 unspecified atom stereocenters. The molecule has 142 valence electrons. The molecule has 7 heteroatoms. The van der Waals surface area contributed by atoms with Crippen molar-refractivity contribution in [1.29, 1.82) is 0 Å². The molecule has 3 aliphatic rings. The Bertz CT molecular complexity index is 787. The molecule has 2 saturated heterocycles. The maximum Gasteiger partial charge on any atom is 0.410 e. The van der Waals surface area contributed by atoms with Crippen molar-refractivity contribution in [3.63, 3.8) is 0 Å². The third-order valence-corrected chi connectivity index (χ3v) is 6.87. The van der Waals surface area contributed by atoms with Gasteiger partial charge in [0.05, 0.1) is 5.69 Å². The standard InChI is InChI=1S/C20H24N4O2S/c25-20(26-13-14-4-2-1-3-5-14)23-11-15-6-7-16(12-23)24(15)19-22-17-8-9-21-10-18(17)27-19/h1-5,15-16,21H,6-13H2. The van der Waals surface area contributed by atoms with Gasteiger partial charge in [-0.05, 0) is 18.4 Å². The van der Waals surface area contributed by atoms with Crippen molar-refractivity contribution in [2.24, 2.45) is 0 Å². The number of amides is 1. The number of aromatic nitrogens is 1. The summed E-state index contributed by atoms with van der Waals surface area (Å²) in [5.41, 5.74) is 2.28. The van der Waals surface area contributed by atoms with E-state index in [1.807, 2.05) is 46.6 Å². The summed E-state index contributed by atoms with van der Waals surface area (Å²) in [7, 11) is 0. The molecule has 2 aromatic rings. The summed E-state index contributed by atoms with van der Waals surface area (Å²) >= 11 is 1.82. The molecule has 1 aromatic carbocycles. The third kappa shape index (κ3) is 3.30. The first-order chi connectivity index (χ1) is 13.3. The number of nitrogens with one attached hydrogen (secondary N) is 1. The average molecular weight is 385 g/mol. The summed E-state index contributed by atoms with van der Waals surface area (Å²) in [5.74, 6) is 0. The van der Waals surface area contributed by atoms with Gasteiger partial charge in [0.2, 0.25) is 0 Å². The van der Waals surface area contributed by atoms with Crippen molar-refractivity contribution in [3.8, 4) is 0 Å². The van der Waals surface area contributed by atoms with Crippen LogP contribution in [0.15, 0.2) is 30.3 Å². The number of carbonyl (C=O) groups is 1. The van der Waals surface area contributed by atoms with E-state index < -0.39 is 0 Å². The largest absolute Gasteiger partial charge is 0.445 e. The highest BCUT2D eigenvalue weighted by molar-refractivity contribution is 7.15. The zero-order valence-electron chi connectivity index (χ0n) is 15.3. The molecule has 2 fully saturated rings. The van der Waals surface area contributed by atoms with Crippen molar-refractivity contribution in [2.45, 2.75) is 44.5 Å². The van der Waals surface area contributed by atoms with E-state index >= 15 is 0 Å². The number of hydrogen-bond acceptors (Lipinski definition) is 6. The van der Waals surface area contributed by atoms with Crippen molar-refractivity contribution in [2.75, 3.05) is 24.5 Å². The summed E-state index contributed by atoms with van der Waals surface area (Å²) in [4.78, 5) is 23.2. The third-order valence-electron chi connectivity index (χ3n) is 5.76. The number of piperazine rings is 1. The van der Waals surface area contributed by atoms with Gasteiger partial charge in [0.15, 0.2) is 5.13 Å². The topological polar surface area (TPSA) is 57.7 Å². The Morgan fingerprint density at radius 1 is 1.22 bits per heavy atom. The van der Waals surface area contributed by atoms with Crippen molar-refractivity contribution in [3.05, 3.63) is 46.5 Å². The number of fused-ring (bicyclic) bond motifs is 3. The summed E-state index contributed by atoms with van der Waals surface area (Å²) in [6.07, 6.45) is 3.07. The molecule has 4 heterocycles. The molecule has 0 aliphatic carbocycles. The molecule has 3 aliphatic heterocycles. The van der Waals surface area contributed by atoms with Crippen molar-refractivity contribution < 1.29 is 9.53 Å². The lowest BCUT2D eigenvalue weighted by Crippen LogP contribution is -2.55. The summed E-state index contributed by atoms with van der Waals surface area (Å²) in [5, 5.41) is 4.57. The Labute approximate surface area is 163 Å². The van der Waals surface area contributed by atoms with Crippen molar-refractivity contribution in [1.82, 2.24) is 15.2 Å². The first-order valence-electron chi connectivity index (χ1n) is 9.71. The van der Waals surface area contributed by atoms with E-state index in [0.717, 1.165) is 56.1 Å². The van der Waals surface area contributed by atoms with E-state index in [-0.39, 0.29) is 6.09 Å². The van der Waals surface area contributed by atoms with Crippen LogP contribution >= 0.6 is 11.3 Å². The van der Waals surface area contributed by atoms with Crippen LogP contribution in [0.3, 0.4) is 0 Å². The summed E-state index contributed by atoms with van der Waals surface area (Å²) < 4.78 is 5.55. The maximum atomic E-state index is 12.6. The molecule has 1 amide bonds. The molecular formula is C20H24N4O2S. The van der Waals surface area contributed by atoms with Crippen LogP contribution in [0, 0.1) is 0 Å². The number of likely N-dealkylation sites (tertiary alicyclic amines) is 1. The summed E-state index contributed by atoms with van der Waals surface area (Å²) in [6, 6.07) is 10.6. The van der Waals surface area contributed by atoms with Gasteiger partial charge in [0, 0.05) is 49.6 Å². The Morgan fingerprint density at radius 2 is 2.00 bits per heavy atom. The minimum atomic E-state index is -0.196. The monoisotopic (exact) mass is 384 g/mol. The highest BCUT2D eigenvalue weighted by atomic mass is 32.1. The van der Waals surface area contributed by atoms with Gasteiger partial charge >= 0.3 is 6.09 Å². The van der Waals surface area contributed by atoms with Crippen LogP contribution in [-0.4, -0.2) is 47.7 Å². The Morgan fingerprint density at radius 3 is 2.74 bits per heavy atom. The zero-order chi connectivity index (χ0) is 18.2. The fraction of sp³-hybridized carbons (Fsp3) is 0.500. The van der Waals surface area contributed by atoms with E-state index in [9.17, 15) is 4.79 Å². The number of nitrogens with zero attached hydrogens (tertiary/aromatic N) is 3. The fourth-order valence-electron chi connectivity index (χ4n) is 4.40. The lowest BCUT2D eigenvalue weighted by Gasteiger charge is -2.40. The van der Waals surface area contributed by atoms with Crippen LogP contribution in [-0.2, 0) is 24.3 Å². The number of thiazole rings is 1. The van der Waals surface area contributed by atoms with E-state index in [2.05, 4.69) is 10.2 Å². The Hall–Kier alpha value is -2.12. The number of carbonyl (C=O) groups excluding carboxylic acids is 1. The minimum Gasteiger partial charge on any atom is -0.445 e. The molecule has 0 radical (unpaired) electrons. The number of hydrogen-bond donors (Lipinski definition) is 1. The smallest absolute Gasteiger partial charge is 0.410 e. The first-order valence-corrected chi connectivity index (χ1v) is 10.5. The van der Waals surface area contributed by atoms with Gasteiger partial charge in [-0.3, -0.25) is 0 Å². The quantitative estimate of drug-likeness (QED) is 0.882. The van der Waals surface area contributed by atoms with E-state index in [1.165, 1.54) is 10.6 Å². The molecule has 0 saturated carbocycles. The molecular weight excluding hydrogens is 360 g/mol. The van der Waals surface area contributed by atoms with Crippen molar-refractivity contribution >= 4 is 22.6 Å². The van der Waals surface area contributed by atoms with Gasteiger partial charge in [-0.2, -0.15) is 0 Å². The predicted octanol–water partition coefficient (Wildman–Crippen LogP) is 2.78. The molecule has 1 aromatic heterocycles. The maximum absolute atomic E-state index is 12.6. The second-order valence-corrected chi connectivity index (χ2v) is 8.59. The number of rotatable bonds is 3. The Kier molecular flexibility index (Phi) is 4.49. The Balaban J connectivity index is 1.24. The van der Waals surface area contributed by atoms with Gasteiger partial charge in [0.1, 0.15) is 6.61 Å². The normalized spacial score (nSPS) is 24.0. The van der Waals surface area contributed by atoms with Gasteiger partial charge in [-0.25, -0.2) is 9.78 Å². The predicted molar refractivity (Wildman–Crippen MR) is 105 cm³/mol. The van der Waals surface area contributed by atoms with Gasteiger partial charge in [0.25, 0.3) is 0 Å². The lowest BCUT2D eigenvalue weighted by molar-refractivity contribution is 0.0881. The zero-order valence-corrected chi connectivity index (χ0v) is 16.1. The number of ether oxygens (including phenoxy) is 1. The van der Waals surface area contributed by atoms with Gasteiger partial charge in [-0.1, -0.05) is 30.3 Å². The van der Waals surface area contributed by atoms with Crippen LogP contribution in [0.1, 0.15) is 29.0 Å². The first kappa shape index (κ1) is 17.0. The van der Waals surface area contributed by atoms with Gasteiger partial charge < -0.3 is 19.9 Å². The molecule has 1 N–H and O–H groups in total. The van der Waals surface area contributed by atoms with Crippen LogP contribution in [0.4, 0.5) is 9.93 Å². The second kappa shape index (κ2) is 7.13. The van der Waals surface area contributed by atoms with Crippen LogP contribution in [0.2, 0.25) is 0 Å². The number of benzene rings is 1. The van der Waals surface area contributed by atoms with Crippen LogP contribution < -0.4 is 10.2 Å². The molecule has 2 bridgehead atoms. The molecule has 5 rings (SSSR count). The number of anilines is 1. The highest BCUT2D eigenvalue weighted by Crippen LogP contribution is 2.38. The average Bonchev–Trinajstić information content (AvgIpc) is 3.24. The van der Waals surface area contributed by atoms with Crippen LogP contribution in [0.25, 0.3) is 0 Å². The molecule has 6 nitrogen and oxygen atoms in total. The lowest BCUT2D eigenvalue weighted by atomic mass is 10.2. The van der Waals surface area contributed by atoms with E-state index in [0.29, 0.717) is 18.7 Å². The molecule has 0 spiro atoms.